The average Bonchev–Trinajstić information content (AvgIpc) is 2.32. The van der Waals surface area contributed by atoms with Crippen molar-refractivity contribution < 1.29 is 23.4 Å². The number of phenolic OH excluding ortho intramolecular Hbond substituents is 2. The second-order valence-electron chi connectivity index (χ2n) is 4.39. The predicted octanol–water partition coefficient (Wildman–Crippen LogP) is 3.69. The molecule has 1 atom stereocenters. The number of anilines is 1. The highest BCUT2D eigenvalue weighted by Gasteiger charge is 2.15. The molecule has 0 aliphatic rings. The van der Waals surface area contributed by atoms with Gasteiger partial charge in [-0.15, -0.1) is 0 Å². The maximum absolute atomic E-state index is 13.5. The lowest BCUT2D eigenvalue weighted by Crippen LogP contribution is -2.10. The minimum absolute atomic E-state index is 0.172. The van der Waals surface area contributed by atoms with Crippen LogP contribution < -0.4 is 5.32 Å². The van der Waals surface area contributed by atoms with Crippen LogP contribution in [0.2, 0.25) is 0 Å². The quantitative estimate of drug-likeness (QED) is 0.805. The zero-order valence-electron chi connectivity index (χ0n) is 10.5. The number of nitrogens with one attached hydrogen (secondary N) is 1. The summed E-state index contributed by atoms with van der Waals surface area (Å²) in [4.78, 5) is 0. The van der Waals surface area contributed by atoms with Gasteiger partial charge in [0.2, 0.25) is 0 Å². The Hall–Kier alpha value is -2.37. The zero-order valence-corrected chi connectivity index (χ0v) is 10.5. The molecule has 0 aromatic heterocycles. The Labute approximate surface area is 113 Å². The molecule has 0 amide bonds. The maximum Gasteiger partial charge on any atom is 0.152 e. The van der Waals surface area contributed by atoms with Crippen LogP contribution in [0.1, 0.15) is 18.5 Å². The highest BCUT2D eigenvalue weighted by molar-refractivity contribution is 5.49. The van der Waals surface area contributed by atoms with Gasteiger partial charge < -0.3 is 15.5 Å². The highest BCUT2D eigenvalue weighted by Crippen LogP contribution is 2.29. The van der Waals surface area contributed by atoms with Gasteiger partial charge in [0.05, 0.1) is 0 Å². The molecule has 2 aromatic carbocycles. The van der Waals surface area contributed by atoms with Gasteiger partial charge in [0, 0.05) is 24.2 Å². The molecule has 2 rings (SSSR count). The standard InChI is InChI=1S/C14H12F3NO2/c1-7(8-2-10(19)6-11(20)3-8)18-14-12(16)4-9(15)5-13(14)17/h2-7,18-20H,1H3. The summed E-state index contributed by atoms with van der Waals surface area (Å²) in [5.41, 5.74) is -0.0487. The summed E-state index contributed by atoms with van der Waals surface area (Å²) in [5, 5.41) is 21.3. The molecule has 2 aromatic rings. The fourth-order valence-corrected chi connectivity index (χ4v) is 1.85. The van der Waals surface area contributed by atoms with Gasteiger partial charge in [0.1, 0.15) is 23.0 Å². The van der Waals surface area contributed by atoms with Crippen molar-refractivity contribution in [1.82, 2.24) is 0 Å². The van der Waals surface area contributed by atoms with Crippen molar-refractivity contribution in [2.24, 2.45) is 0 Å². The molecule has 6 heteroatoms. The lowest BCUT2D eigenvalue weighted by molar-refractivity contribution is 0.448. The number of aromatic hydroxyl groups is 2. The van der Waals surface area contributed by atoms with Crippen molar-refractivity contribution in [3.05, 3.63) is 53.3 Å². The normalized spacial score (nSPS) is 12.2. The predicted molar refractivity (Wildman–Crippen MR) is 68.1 cm³/mol. The number of benzene rings is 2. The first kappa shape index (κ1) is 14.0. The van der Waals surface area contributed by atoms with E-state index < -0.39 is 29.2 Å². The fourth-order valence-electron chi connectivity index (χ4n) is 1.85. The van der Waals surface area contributed by atoms with E-state index in [4.69, 9.17) is 0 Å². The van der Waals surface area contributed by atoms with Crippen molar-refractivity contribution in [2.45, 2.75) is 13.0 Å². The van der Waals surface area contributed by atoms with Gasteiger partial charge in [-0.1, -0.05) is 0 Å². The Balaban J connectivity index is 2.30. The SMILES string of the molecule is CC(Nc1c(F)cc(F)cc1F)c1cc(O)cc(O)c1. The van der Waals surface area contributed by atoms with Gasteiger partial charge in [-0.25, -0.2) is 13.2 Å². The maximum atomic E-state index is 13.5. The second kappa shape index (κ2) is 5.32. The summed E-state index contributed by atoms with van der Waals surface area (Å²) >= 11 is 0. The van der Waals surface area contributed by atoms with Gasteiger partial charge in [-0.2, -0.15) is 0 Å². The number of phenols is 2. The Morgan fingerprint density at radius 1 is 0.900 bits per heavy atom. The summed E-state index contributed by atoms with van der Waals surface area (Å²) in [6.45, 7) is 1.58. The lowest BCUT2D eigenvalue weighted by atomic mass is 10.1. The summed E-state index contributed by atoms with van der Waals surface area (Å²) in [6.07, 6.45) is 0. The van der Waals surface area contributed by atoms with Crippen LogP contribution in [0.5, 0.6) is 11.5 Å². The minimum atomic E-state index is -1.06. The smallest absolute Gasteiger partial charge is 0.152 e. The minimum Gasteiger partial charge on any atom is -0.508 e. The van der Waals surface area contributed by atoms with Crippen LogP contribution in [-0.4, -0.2) is 10.2 Å². The summed E-state index contributed by atoms with van der Waals surface area (Å²) in [6, 6.07) is 4.35. The third-order valence-electron chi connectivity index (χ3n) is 2.79. The zero-order chi connectivity index (χ0) is 14.9. The van der Waals surface area contributed by atoms with E-state index in [9.17, 15) is 23.4 Å². The molecule has 3 nitrogen and oxygen atoms in total. The van der Waals surface area contributed by atoms with E-state index in [1.54, 1.807) is 6.92 Å². The first-order chi connectivity index (χ1) is 9.36. The average molecular weight is 283 g/mol. The molecule has 0 fully saturated rings. The number of hydrogen-bond donors (Lipinski definition) is 3. The molecular formula is C14H12F3NO2. The summed E-state index contributed by atoms with van der Waals surface area (Å²) in [7, 11) is 0. The summed E-state index contributed by atoms with van der Waals surface area (Å²) in [5.74, 6) is -3.46. The van der Waals surface area contributed by atoms with Crippen LogP contribution in [0.25, 0.3) is 0 Å². The van der Waals surface area contributed by atoms with E-state index in [1.165, 1.54) is 12.1 Å². The topological polar surface area (TPSA) is 52.5 Å². The molecule has 0 radical (unpaired) electrons. The monoisotopic (exact) mass is 283 g/mol. The molecule has 0 bridgehead atoms. The highest BCUT2D eigenvalue weighted by atomic mass is 19.1. The van der Waals surface area contributed by atoms with Crippen LogP contribution in [0.15, 0.2) is 30.3 Å². The van der Waals surface area contributed by atoms with Gasteiger partial charge in [0.15, 0.2) is 11.6 Å². The first-order valence-electron chi connectivity index (χ1n) is 5.81. The van der Waals surface area contributed by atoms with Crippen molar-refractivity contribution in [3.8, 4) is 11.5 Å². The molecular weight excluding hydrogens is 271 g/mol. The van der Waals surface area contributed by atoms with E-state index in [0.717, 1.165) is 6.07 Å². The van der Waals surface area contributed by atoms with Crippen molar-refractivity contribution >= 4 is 5.69 Å². The van der Waals surface area contributed by atoms with Crippen LogP contribution in [-0.2, 0) is 0 Å². The van der Waals surface area contributed by atoms with Gasteiger partial charge in [0.25, 0.3) is 0 Å². The molecule has 1 unspecified atom stereocenters. The van der Waals surface area contributed by atoms with E-state index >= 15 is 0 Å². The third kappa shape index (κ3) is 2.96. The lowest BCUT2D eigenvalue weighted by Gasteiger charge is -2.17. The molecule has 0 aliphatic carbocycles. The third-order valence-corrected chi connectivity index (χ3v) is 2.79. The van der Waals surface area contributed by atoms with E-state index in [0.29, 0.717) is 17.7 Å². The molecule has 0 aliphatic heterocycles. The molecule has 3 N–H and O–H groups in total. The molecule has 0 heterocycles. The van der Waals surface area contributed by atoms with E-state index in [1.807, 2.05) is 0 Å². The Bertz CT molecular complexity index is 603. The van der Waals surface area contributed by atoms with Crippen LogP contribution in [0.3, 0.4) is 0 Å². The van der Waals surface area contributed by atoms with Crippen LogP contribution in [0, 0.1) is 17.5 Å². The number of hydrogen-bond acceptors (Lipinski definition) is 3. The molecule has 0 saturated carbocycles. The van der Waals surface area contributed by atoms with E-state index in [2.05, 4.69) is 5.32 Å². The molecule has 20 heavy (non-hydrogen) atoms. The van der Waals surface area contributed by atoms with Crippen molar-refractivity contribution in [3.63, 3.8) is 0 Å². The van der Waals surface area contributed by atoms with Gasteiger partial charge in [-0.3, -0.25) is 0 Å². The Morgan fingerprint density at radius 3 is 1.90 bits per heavy atom. The van der Waals surface area contributed by atoms with Gasteiger partial charge >= 0.3 is 0 Å². The van der Waals surface area contributed by atoms with Crippen LogP contribution in [0.4, 0.5) is 18.9 Å². The first-order valence-corrected chi connectivity index (χ1v) is 5.81. The van der Waals surface area contributed by atoms with Crippen LogP contribution >= 0.6 is 0 Å². The fraction of sp³-hybridized carbons (Fsp3) is 0.143. The van der Waals surface area contributed by atoms with E-state index in [-0.39, 0.29) is 11.5 Å². The van der Waals surface area contributed by atoms with Crippen molar-refractivity contribution in [2.75, 3.05) is 5.32 Å². The molecule has 0 spiro atoms. The van der Waals surface area contributed by atoms with Crippen molar-refractivity contribution in [1.29, 1.82) is 0 Å². The number of halogens is 3. The Kier molecular flexibility index (Phi) is 3.74. The van der Waals surface area contributed by atoms with Gasteiger partial charge in [-0.05, 0) is 24.6 Å². The molecule has 106 valence electrons. The molecule has 0 saturated heterocycles. The Morgan fingerprint density at radius 2 is 1.40 bits per heavy atom. The largest absolute Gasteiger partial charge is 0.508 e. The second-order valence-corrected chi connectivity index (χ2v) is 4.39. The number of rotatable bonds is 3. The summed E-state index contributed by atoms with van der Waals surface area (Å²) < 4.78 is 39.8.